The highest BCUT2D eigenvalue weighted by Crippen LogP contribution is 2.32. The van der Waals surface area contributed by atoms with Crippen LogP contribution < -0.4 is 9.47 Å². The van der Waals surface area contributed by atoms with Gasteiger partial charge in [-0.15, -0.1) is 0 Å². The maximum absolute atomic E-state index is 13.0. The van der Waals surface area contributed by atoms with E-state index in [0.717, 1.165) is 25.7 Å². The number of ether oxygens (including phenoxy) is 2. The van der Waals surface area contributed by atoms with Crippen LogP contribution in [-0.4, -0.2) is 39.0 Å². The first-order valence-corrected chi connectivity index (χ1v) is 10.3. The largest absolute Gasteiger partial charge is 0.490 e. The van der Waals surface area contributed by atoms with E-state index in [1.165, 1.54) is 12.8 Å². The molecule has 0 aromatic heterocycles. The minimum absolute atomic E-state index is 0.0830. The van der Waals surface area contributed by atoms with Gasteiger partial charge in [0.1, 0.15) is 0 Å². The third-order valence-corrected chi connectivity index (χ3v) is 6.44. The number of sulfonamides is 1. The van der Waals surface area contributed by atoms with Gasteiger partial charge in [0.05, 0.1) is 18.1 Å². The summed E-state index contributed by atoms with van der Waals surface area (Å²) in [4.78, 5) is 0.265. The lowest BCUT2D eigenvalue weighted by Crippen LogP contribution is -2.36. The van der Waals surface area contributed by atoms with Crippen molar-refractivity contribution in [2.75, 3.05) is 20.3 Å². The number of hydrogen-bond acceptors (Lipinski definition) is 4. The van der Waals surface area contributed by atoms with E-state index in [1.54, 1.807) is 29.6 Å². The molecule has 2 rings (SSSR count). The Balaban J connectivity index is 2.28. The van der Waals surface area contributed by atoms with Gasteiger partial charge in [-0.1, -0.05) is 25.7 Å². The van der Waals surface area contributed by atoms with Crippen LogP contribution in [0.25, 0.3) is 0 Å². The van der Waals surface area contributed by atoms with E-state index in [0.29, 0.717) is 24.7 Å². The van der Waals surface area contributed by atoms with Crippen LogP contribution in [0, 0.1) is 0 Å². The van der Waals surface area contributed by atoms with Crippen LogP contribution in [0.5, 0.6) is 11.5 Å². The summed E-state index contributed by atoms with van der Waals surface area (Å²) in [5.41, 5.74) is 0. The quantitative estimate of drug-likeness (QED) is 0.698. The van der Waals surface area contributed by atoms with Gasteiger partial charge in [0.2, 0.25) is 10.0 Å². The maximum atomic E-state index is 13.0. The fraction of sp³-hybridized carbons (Fsp3) is 0.667. The second-order valence-electron chi connectivity index (χ2n) is 6.14. The van der Waals surface area contributed by atoms with E-state index in [-0.39, 0.29) is 10.9 Å². The zero-order chi connectivity index (χ0) is 17.6. The van der Waals surface area contributed by atoms with Crippen molar-refractivity contribution in [3.05, 3.63) is 18.2 Å². The van der Waals surface area contributed by atoms with Crippen LogP contribution in [0.15, 0.2) is 23.1 Å². The molecule has 136 valence electrons. The van der Waals surface area contributed by atoms with Gasteiger partial charge in [-0.3, -0.25) is 0 Å². The minimum Gasteiger partial charge on any atom is -0.490 e. The molecule has 0 bridgehead atoms. The average molecular weight is 356 g/mol. The predicted octanol–water partition coefficient (Wildman–Crippen LogP) is 3.83. The minimum atomic E-state index is -3.53. The molecular weight excluding hydrogens is 326 g/mol. The van der Waals surface area contributed by atoms with Gasteiger partial charge in [-0.05, 0) is 38.8 Å². The van der Waals surface area contributed by atoms with E-state index >= 15 is 0 Å². The van der Waals surface area contributed by atoms with Crippen molar-refractivity contribution in [2.24, 2.45) is 0 Å². The first kappa shape index (κ1) is 19.1. The van der Waals surface area contributed by atoms with Gasteiger partial charge < -0.3 is 9.47 Å². The Morgan fingerprint density at radius 2 is 1.58 bits per heavy atom. The molecule has 0 amide bonds. The first-order valence-electron chi connectivity index (χ1n) is 8.88. The SMILES string of the molecule is CCOc1ccc(S(=O)(=O)N(C)C2CCCCCC2)cc1OCC. The number of hydrogen-bond donors (Lipinski definition) is 0. The number of benzene rings is 1. The molecule has 1 fully saturated rings. The fourth-order valence-corrected chi connectivity index (χ4v) is 4.61. The summed E-state index contributed by atoms with van der Waals surface area (Å²) in [5.74, 6) is 1.06. The van der Waals surface area contributed by atoms with E-state index in [9.17, 15) is 8.42 Å². The Labute approximate surface area is 146 Å². The third kappa shape index (κ3) is 4.42. The summed E-state index contributed by atoms with van der Waals surface area (Å²) in [7, 11) is -1.83. The molecule has 6 heteroatoms. The van der Waals surface area contributed by atoms with Gasteiger partial charge in [-0.2, -0.15) is 4.31 Å². The van der Waals surface area contributed by atoms with Crippen molar-refractivity contribution < 1.29 is 17.9 Å². The van der Waals surface area contributed by atoms with Crippen LogP contribution in [0.1, 0.15) is 52.4 Å². The third-order valence-electron chi connectivity index (χ3n) is 4.53. The Hall–Kier alpha value is -1.27. The molecule has 1 aromatic carbocycles. The van der Waals surface area contributed by atoms with Gasteiger partial charge >= 0.3 is 0 Å². The molecule has 1 aliphatic rings. The van der Waals surface area contributed by atoms with E-state index in [1.807, 2.05) is 13.8 Å². The van der Waals surface area contributed by atoms with Crippen molar-refractivity contribution in [1.82, 2.24) is 4.31 Å². The molecule has 5 nitrogen and oxygen atoms in total. The van der Waals surface area contributed by atoms with Gasteiger partial charge in [0.15, 0.2) is 11.5 Å². The Morgan fingerprint density at radius 1 is 1.00 bits per heavy atom. The van der Waals surface area contributed by atoms with Crippen LogP contribution in [-0.2, 0) is 10.0 Å². The monoisotopic (exact) mass is 355 g/mol. The molecule has 0 N–H and O–H groups in total. The molecule has 0 unspecified atom stereocenters. The Morgan fingerprint density at radius 3 is 2.17 bits per heavy atom. The lowest BCUT2D eigenvalue weighted by molar-refractivity contribution is 0.286. The van der Waals surface area contributed by atoms with Crippen molar-refractivity contribution in [2.45, 2.75) is 63.3 Å². The molecule has 1 saturated carbocycles. The highest BCUT2D eigenvalue weighted by atomic mass is 32.2. The highest BCUT2D eigenvalue weighted by Gasteiger charge is 2.29. The van der Waals surface area contributed by atoms with Crippen LogP contribution in [0.4, 0.5) is 0 Å². The van der Waals surface area contributed by atoms with Gasteiger partial charge in [0.25, 0.3) is 0 Å². The second kappa shape index (κ2) is 8.72. The fourth-order valence-electron chi connectivity index (χ4n) is 3.18. The summed E-state index contributed by atoms with van der Waals surface area (Å²) in [6.07, 6.45) is 6.45. The van der Waals surface area contributed by atoms with Gasteiger partial charge in [-0.25, -0.2) is 8.42 Å². The topological polar surface area (TPSA) is 55.8 Å². The van der Waals surface area contributed by atoms with Crippen LogP contribution in [0.3, 0.4) is 0 Å². The van der Waals surface area contributed by atoms with Crippen molar-refractivity contribution in [3.63, 3.8) is 0 Å². The molecule has 0 aliphatic heterocycles. The van der Waals surface area contributed by atoms with E-state index in [4.69, 9.17) is 9.47 Å². The standard InChI is InChI=1S/C18H29NO4S/c1-4-22-17-13-12-16(14-18(17)23-5-2)24(20,21)19(3)15-10-8-6-7-9-11-15/h12-15H,4-11H2,1-3H3. The molecule has 1 aromatic rings. The number of rotatable bonds is 7. The lowest BCUT2D eigenvalue weighted by atomic mass is 10.1. The highest BCUT2D eigenvalue weighted by molar-refractivity contribution is 7.89. The molecule has 0 saturated heterocycles. The van der Waals surface area contributed by atoms with Crippen molar-refractivity contribution >= 4 is 10.0 Å². The molecule has 0 spiro atoms. The zero-order valence-corrected chi connectivity index (χ0v) is 15.8. The normalized spacial score (nSPS) is 16.8. The molecule has 1 aliphatic carbocycles. The first-order chi connectivity index (χ1) is 11.5. The van der Waals surface area contributed by atoms with E-state index in [2.05, 4.69) is 0 Å². The zero-order valence-electron chi connectivity index (χ0n) is 15.0. The van der Waals surface area contributed by atoms with Gasteiger partial charge in [0, 0.05) is 19.2 Å². The Bertz CT molecular complexity index is 622. The van der Waals surface area contributed by atoms with E-state index < -0.39 is 10.0 Å². The summed E-state index contributed by atoms with van der Waals surface area (Å²) < 4.78 is 38.6. The van der Waals surface area contributed by atoms with Crippen molar-refractivity contribution in [1.29, 1.82) is 0 Å². The predicted molar refractivity (Wildman–Crippen MR) is 95.2 cm³/mol. The molecular formula is C18H29NO4S. The van der Waals surface area contributed by atoms with Crippen LogP contribution >= 0.6 is 0 Å². The molecule has 0 heterocycles. The maximum Gasteiger partial charge on any atom is 0.243 e. The second-order valence-corrected chi connectivity index (χ2v) is 8.14. The average Bonchev–Trinajstić information content (AvgIpc) is 2.85. The lowest BCUT2D eigenvalue weighted by Gasteiger charge is -2.26. The van der Waals surface area contributed by atoms with Crippen molar-refractivity contribution in [3.8, 4) is 11.5 Å². The Kier molecular flexibility index (Phi) is 6.92. The molecule has 0 radical (unpaired) electrons. The van der Waals surface area contributed by atoms with Crippen LogP contribution in [0.2, 0.25) is 0 Å². The molecule has 0 atom stereocenters. The smallest absolute Gasteiger partial charge is 0.243 e. The molecule has 24 heavy (non-hydrogen) atoms. The number of nitrogens with zero attached hydrogens (tertiary/aromatic N) is 1. The summed E-state index contributed by atoms with van der Waals surface area (Å²) in [6, 6.07) is 4.95. The summed E-state index contributed by atoms with van der Waals surface area (Å²) in [6.45, 7) is 4.73. The summed E-state index contributed by atoms with van der Waals surface area (Å²) in [5, 5.41) is 0. The summed E-state index contributed by atoms with van der Waals surface area (Å²) >= 11 is 0.